The third-order valence-electron chi connectivity index (χ3n) is 3.79. The monoisotopic (exact) mass is 441 g/mol. The molecule has 0 saturated heterocycles. The maximum Gasteiger partial charge on any atom is 0.175 e. The molecule has 2 rings (SSSR count). The SMILES string of the molecule is CCOCCCNCc1cc(Br)c(OCc2ccccc2Cl)c(OC)c1. The van der Waals surface area contributed by atoms with Crippen LogP contribution < -0.4 is 14.8 Å². The minimum Gasteiger partial charge on any atom is -0.493 e. The van der Waals surface area contributed by atoms with Crippen molar-refractivity contribution in [3.05, 3.63) is 57.0 Å². The van der Waals surface area contributed by atoms with E-state index in [1.165, 1.54) is 0 Å². The number of ether oxygens (including phenoxy) is 3. The van der Waals surface area contributed by atoms with Crippen LogP contribution in [0.2, 0.25) is 5.02 Å². The summed E-state index contributed by atoms with van der Waals surface area (Å²) in [4.78, 5) is 0. The summed E-state index contributed by atoms with van der Waals surface area (Å²) in [6.07, 6.45) is 0.991. The first-order valence-corrected chi connectivity index (χ1v) is 9.83. The van der Waals surface area contributed by atoms with E-state index in [0.29, 0.717) is 23.1 Å². The van der Waals surface area contributed by atoms with Crippen LogP contribution in [0.25, 0.3) is 0 Å². The summed E-state index contributed by atoms with van der Waals surface area (Å²) in [5.41, 5.74) is 2.05. The molecule has 0 unspecified atom stereocenters. The fraction of sp³-hybridized carbons (Fsp3) is 0.400. The molecule has 0 bridgehead atoms. The van der Waals surface area contributed by atoms with Gasteiger partial charge in [0.25, 0.3) is 0 Å². The van der Waals surface area contributed by atoms with E-state index < -0.39 is 0 Å². The summed E-state index contributed by atoms with van der Waals surface area (Å²) in [5, 5.41) is 4.10. The lowest BCUT2D eigenvalue weighted by molar-refractivity contribution is 0.144. The first kappa shape index (κ1) is 21.0. The molecule has 0 aliphatic rings. The van der Waals surface area contributed by atoms with Gasteiger partial charge in [-0.15, -0.1) is 0 Å². The van der Waals surface area contributed by atoms with E-state index in [0.717, 1.165) is 48.3 Å². The summed E-state index contributed by atoms with van der Waals surface area (Å²) >= 11 is 9.78. The zero-order valence-corrected chi connectivity index (χ0v) is 17.5. The Morgan fingerprint density at radius 2 is 2.00 bits per heavy atom. The second-order valence-electron chi connectivity index (χ2n) is 5.72. The van der Waals surface area contributed by atoms with Crippen molar-refractivity contribution in [1.29, 1.82) is 0 Å². The fourth-order valence-electron chi connectivity index (χ4n) is 2.46. The van der Waals surface area contributed by atoms with Crippen LogP contribution in [0.3, 0.4) is 0 Å². The molecule has 0 aliphatic carbocycles. The first-order chi connectivity index (χ1) is 12.7. The number of rotatable bonds is 11. The Balaban J connectivity index is 1.96. The molecule has 6 heteroatoms. The summed E-state index contributed by atoms with van der Waals surface area (Å²) < 4.78 is 17.7. The van der Waals surface area contributed by atoms with Crippen molar-refractivity contribution in [1.82, 2.24) is 5.32 Å². The number of hydrogen-bond acceptors (Lipinski definition) is 4. The molecule has 0 radical (unpaired) electrons. The lowest BCUT2D eigenvalue weighted by Gasteiger charge is -2.15. The highest BCUT2D eigenvalue weighted by atomic mass is 79.9. The van der Waals surface area contributed by atoms with Crippen molar-refractivity contribution >= 4 is 27.5 Å². The molecule has 0 atom stereocenters. The van der Waals surface area contributed by atoms with E-state index in [4.69, 9.17) is 25.8 Å². The minimum atomic E-state index is 0.379. The van der Waals surface area contributed by atoms with Crippen LogP contribution in [0.15, 0.2) is 40.9 Å². The zero-order valence-electron chi connectivity index (χ0n) is 15.2. The van der Waals surface area contributed by atoms with Crippen molar-refractivity contribution in [2.75, 3.05) is 26.9 Å². The van der Waals surface area contributed by atoms with Crippen LogP contribution in [-0.2, 0) is 17.9 Å². The lowest BCUT2D eigenvalue weighted by atomic mass is 10.2. The van der Waals surface area contributed by atoms with Gasteiger partial charge in [-0.3, -0.25) is 0 Å². The number of nitrogens with one attached hydrogen (secondary N) is 1. The number of methoxy groups -OCH3 is 1. The molecule has 142 valence electrons. The summed E-state index contributed by atoms with van der Waals surface area (Å²) in [6.45, 7) is 5.60. The Hall–Kier alpha value is -1.27. The molecule has 0 spiro atoms. The van der Waals surface area contributed by atoms with Crippen LogP contribution in [0.4, 0.5) is 0 Å². The van der Waals surface area contributed by atoms with Gasteiger partial charge in [-0.2, -0.15) is 0 Å². The number of halogens is 2. The highest BCUT2D eigenvalue weighted by molar-refractivity contribution is 9.10. The van der Waals surface area contributed by atoms with E-state index in [1.54, 1.807) is 7.11 Å². The molecule has 2 aromatic carbocycles. The Kier molecular flexibility index (Phi) is 9.26. The highest BCUT2D eigenvalue weighted by Crippen LogP contribution is 2.37. The molecule has 0 aliphatic heterocycles. The van der Waals surface area contributed by atoms with E-state index in [2.05, 4.69) is 21.2 Å². The van der Waals surface area contributed by atoms with Crippen molar-refractivity contribution in [2.45, 2.75) is 26.5 Å². The van der Waals surface area contributed by atoms with Crippen LogP contribution in [0, 0.1) is 0 Å². The average molecular weight is 443 g/mol. The molecule has 1 N–H and O–H groups in total. The van der Waals surface area contributed by atoms with Crippen molar-refractivity contribution in [3.63, 3.8) is 0 Å². The number of benzene rings is 2. The predicted molar refractivity (Wildman–Crippen MR) is 109 cm³/mol. The van der Waals surface area contributed by atoms with Gasteiger partial charge >= 0.3 is 0 Å². The van der Waals surface area contributed by atoms with Gasteiger partial charge < -0.3 is 19.5 Å². The lowest BCUT2D eigenvalue weighted by Crippen LogP contribution is -2.16. The molecule has 0 aromatic heterocycles. The third kappa shape index (κ3) is 6.47. The second-order valence-corrected chi connectivity index (χ2v) is 6.98. The van der Waals surface area contributed by atoms with Gasteiger partial charge in [0.05, 0.1) is 11.6 Å². The molecular weight excluding hydrogens is 418 g/mol. The Morgan fingerprint density at radius 1 is 1.19 bits per heavy atom. The van der Waals surface area contributed by atoms with E-state index in [-0.39, 0.29) is 0 Å². The second kappa shape index (κ2) is 11.4. The molecule has 0 saturated carbocycles. The van der Waals surface area contributed by atoms with E-state index in [9.17, 15) is 0 Å². The van der Waals surface area contributed by atoms with Gasteiger partial charge in [0, 0.05) is 30.3 Å². The standard InChI is InChI=1S/C20H25BrClNO3/c1-3-25-10-6-9-23-13-15-11-17(21)20(19(12-15)24-2)26-14-16-7-4-5-8-18(16)22/h4-5,7-8,11-12,23H,3,6,9-10,13-14H2,1-2H3. The van der Waals surface area contributed by atoms with Gasteiger partial charge in [0.1, 0.15) is 6.61 Å². The van der Waals surface area contributed by atoms with Gasteiger partial charge in [0.15, 0.2) is 11.5 Å². The minimum absolute atomic E-state index is 0.379. The van der Waals surface area contributed by atoms with Gasteiger partial charge in [-0.25, -0.2) is 0 Å². The first-order valence-electron chi connectivity index (χ1n) is 8.66. The Labute approximate surface area is 168 Å². The van der Waals surface area contributed by atoms with Crippen molar-refractivity contribution in [2.24, 2.45) is 0 Å². The van der Waals surface area contributed by atoms with Gasteiger partial charge in [-0.05, 0) is 59.6 Å². The van der Waals surface area contributed by atoms with Gasteiger partial charge in [0.2, 0.25) is 0 Å². The average Bonchev–Trinajstić information content (AvgIpc) is 2.64. The van der Waals surface area contributed by atoms with Crippen LogP contribution in [0.1, 0.15) is 24.5 Å². The van der Waals surface area contributed by atoms with Gasteiger partial charge in [-0.1, -0.05) is 29.8 Å². The highest BCUT2D eigenvalue weighted by Gasteiger charge is 2.12. The quantitative estimate of drug-likeness (QED) is 0.485. The fourth-order valence-corrected chi connectivity index (χ4v) is 3.25. The Bertz CT molecular complexity index is 697. The smallest absolute Gasteiger partial charge is 0.175 e. The molecular formula is C20H25BrClNO3. The van der Waals surface area contributed by atoms with E-state index in [1.807, 2.05) is 43.3 Å². The normalized spacial score (nSPS) is 10.8. The van der Waals surface area contributed by atoms with Crippen LogP contribution in [-0.4, -0.2) is 26.9 Å². The molecule has 26 heavy (non-hydrogen) atoms. The molecule has 0 heterocycles. The predicted octanol–water partition coefficient (Wildman–Crippen LogP) is 5.21. The van der Waals surface area contributed by atoms with Crippen molar-refractivity contribution < 1.29 is 14.2 Å². The topological polar surface area (TPSA) is 39.7 Å². The zero-order chi connectivity index (χ0) is 18.8. The summed E-state index contributed by atoms with van der Waals surface area (Å²) in [6, 6.07) is 11.7. The molecule has 2 aromatic rings. The summed E-state index contributed by atoms with van der Waals surface area (Å²) in [5.74, 6) is 1.37. The third-order valence-corrected chi connectivity index (χ3v) is 4.75. The largest absolute Gasteiger partial charge is 0.493 e. The number of hydrogen-bond donors (Lipinski definition) is 1. The summed E-state index contributed by atoms with van der Waals surface area (Å²) in [7, 11) is 1.64. The molecule has 0 amide bonds. The van der Waals surface area contributed by atoms with Crippen LogP contribution in [0.5, 0.6) is 11.5 Å². The van der Waals surface area contributed by atoms with E-state index >= 15 is 0 Å². The maximum absolute atomic E-state index is 6.19. The van der Waals surface area contributed by atoms with Crippen molar-refractivity contribution in [3.8, 4) is 11.5 Å². The maximum atomic E-state index is 6.19. The molecule has 0 fully saturated rings. The molecule has 4 nitrogen and oxygen atoms in total. The Morgan fingerprint density at radius 3 is 2.73 bits per heavy atom. The van der Waals surface area contributed by atoms with Crippen LogP contribution >= 0.6 is 27.5 Å².